The maximum atomic E-state index is 12.7. The van der Waals surface area contributed by atoms with Crippen LogP contribution < -0.4 is 0 Å². The van der Waals surface area contributed by atoms with E-state index in [4.69, 9.17) is 4.42 Å². The first-order chi connectivity index (χ1) is 12.5. The summed E-state index contributed by atoms with van der Waals surface area (Å²) in [5, 5.41) is 8.08. The molecule has 6 heteroatoms. The first-order valence-corrected chi connectivity index (χ1v) is 9.56. The van der Waals surface area contributed by atoms with Crippen LogP contribution in [0, 0.1) is 6.92 Å². The Morgan fingerprint density at radius 1 is 1.35 bits per heavy atom. The second-order valence-electron chi connectivity index (χ2n) is 7.42. The number of hydrogen-bond donors (Lipinski definition) is 0. The SMILES string of the molecule is Cc1cc(CC[C@H]2CCCN2C(=O)CCc2nnc(C(C)C)o2)ccn1. The minimum atomic E-state index is 0.197. The summed E-state index contributed by atoms with van der Waals surface area (Å²) in [4.78, 5) is 19.0. The molecule has 1 aliphatic heterocycles. The number of rotatable bonds is 7. The third-order valence-corrected chi connectivity index (χ3v) is 4.95. The van der Waals surface area contributed by atoms with Gasteiger partial charge in [0, 0.05) is 43.2 Å². The van der Waals surface area contributed by atoms with Gasteiger partial charge in [-0.25, -0.2) is 0 Å². The molecule has 2 aromatic rings. The van der Waals surface area contributed by atoms with Crippen LogP contribution in [0.1, 0.15) is 68.5 Å². The van der Waals surface area contributed by atoms with Gasteiger partial charge in [-0.05, 0) is 50.3 Å². The number of nitrogens with zero attached hydrogens (tertiary/aromatic N) is 4. The molecule has 0 unspecified atom stereocenters. The Labute approximate surface area is 155 Å². The second kappa shape index (κ2) is 8.43. The van der Waals surface area contributed by atoms with Gasteiger partial charge in [-0.3, -0.25) is 9.78 Å². The number of amides is 1. The molecule has 0 saturated carbocycles. The topological polar surface area (TPSA) is 72.1 Å². The number of carbonyl (C=O) groups is 1. The molecular weight excluding hydrogens is 328 g/mol. The van der Waals surface area contributed by atoms with Crippen LogP contribution in [0.5, 0.6) is 0 Å². The Morgan fingerprint density at radius 2 is 2.19 bits per heavy atom. The minimum Gasteiger partial charge on any atom is -0.425 e. The van der Waals surface area contributed by atoms with Crippen LogP contribution in [-0.4, -0.2) is 38.6 Å². The van der Waals surface area contributed by atoms with Crippen LogP contribution >= 0.6 is 0 Å². The maximum absolute atomic E-state index is 12.7. The third-order valence-electron chi connectivity index (χ3n) is 4.95. The van der Waals surface area contributed by atoms with Crippen LogP contribution in [0.4, 0.5) is 0 Å². The first-order valence-electron chi connectivity index (χ1n) is 9.56. The summed E-state index contributed by atoms with van der Waals surface area (Å²) in [6, 6.07) is 4.53. The smallest absolute Gasteiger partial charge is 0.223 e. The number of pyridine rings is 1. The van der Waals surface area contributed by atoms with E-state index >= 15 is 0 Å². The summed E-state index contributed by atoms with van der Waals surface area (Å²) in [5.41, 5.74) is 2.34. The lowest BCUT2D eigenvalue weighted by molar-refractivity contribution is -0.132. The average Bonchev–Trinajstić information content (AvgIpc) is 3.27. The predicted octanol–water partition coefficient (Wildman–Crippen LogP) is 3.45. The quantitative estimate of drug-likeness (QED) is 0.760. The molecule has 0 aliphatic carbocycles. The van der Waals surface area contributed by atoms with E-state index in [-0.39, 0.29) is 11.8 Å². The fraction of sp³-hybridized carbons (Fsp3) is 0.600. The Balaban J connectivity index is 1.51. The van der Waals surface area contributed by atoms with Crippen LogP contribution in [0.15, 0.2) is 22.7 Å². The van der Waals surface area contributed by atoms with Gasteiger partial charge in [0.15, 0.2) is 0 Å². The Bertz CT molecular complexity index is 741. The van der Waals surface area contributed by atoms with Gasteiger partial charge in [0.25, 0.3) is 0 Å². The first kappa shape index (κ1) is 18.5. The summed E-state index contributed by atoms with van der Waals surface area (Å²) in [7, 11) is 0. The van der Waals surface area contributed by atoms with E-state index in [9.17, 15) is 4.79 Å². The third kappa shape index (κ3) is 4.68. The average molecular weight is 356 g/mol. The zero-order chi connectivity index (χ0) is 18.5. The number of hydrogen-bond acceptors (Lipinski definition) is 5. The molecule has 0 N–H and O–H groups in total. The predicted molar refractivity (Wildman–Crippen MR) is 98.7 cm³/mol. The molecule has 1 atom stereocenters. The second-order valence-corrected chi connectivity index (χ2v) is 7.42. The van der Waals surface area contributed by atoms with Gasteiger partial charge in [-0.1, -0.05) is 13.8 Å². The summed E-state index contributed by atoms with van der Waals surface area (Å²) < 4.78 is 5.60. The lowest BCUT2D eigenvalue weighted by atomic mass is 10.0. The van der Waals surface area contributed by atoms with E-state index in [0.29, 0.717) is 30.7 Å². The van der Waals surface area contributed by atoms with Crippen molar-refractivity contribution in [1.82, 2.24) is 20.1 Å². The molecule has 1 amide bonds. The van der Waals surface area contributed by atoms with Crippen molar-refractivity contribution >= 4 is 5.91 Å². The maximum Gasteiger partial charge on any atom is 0.223 e. The minimum absolute atomic E-state index is 0.197. The van der Waals surface area contributed by atoms with Crippen molar-refractivity contribution < 1.29 is 9.21 Å². The zero-order valence-electron chi connectivity index (χ0n) is 15.9. The molecule has 3 rings (SSSR count). The van der Waals surface area contributed by atoms with Crippen molar-refractivity contribution in [3.05, 3.63) is 41.4 Å². The Morgan fingerprint density at radius 3 is 2.92 bits per heavy atom. The molecule has 0 radical (unpaired) electrons. The molecule has 26 heavy (non-hydrogen) atoms. The summed E-state index contributed by atoms with van der Waals surface area (Å²) in [5.74, 6) is 1.61. The molecule has 3 heterocycles. The van der Waals surface area contributed by atoms with Crippen molar-refractivity contribution in [2.45, 2.75) is 71.3 Å². The lowest BCUT2D eigenvalue weighted by Gasteiger charge is -2.24. The van der Waals surface area contributed by atoms with Gasteiger partial charge in [-0.2, -0.15) is 0 Å². The van der Waals surface area contributed by atoms with Gasteiger partial charge in [0.1, 0.15) is 0 Å². The highest BCUT2D eigenvalue weighted by Gasteiger charge is 2.28. The monoisotopic (exact) mass is 356 g/mol. The van der Waals surface area contributed by atoms with Crippen LogP contribution in [0.2, 0.25) is 0 Å². The fourth-order valence-corrected chi connectivity index (χ4v) is 3.52. The van der Waals surface area contributed by atoms with Crippen molar-refractivity contribution in [3.8, 4) is 0 Å². The molecule has 6 nitrogen and oxygen atoms in total. The summed E-state index contributed by atoms with van der Waals surface area (Å²) >= 11 is 0. The van der Waals surface area contributed by atoms with E-state index in [2.05, 4.69) is 27.3 Å². The molecule has 140 valence electrons. The zero-order valence-corrected chi connectivity index (χ0v) is 15.9. The summed E-state index contributed by atoms with van der Waals surface area (Å²) in [6.45, 7) is 6.90. The van der Waals surface area contributed by atoms with E-state index in [1.54, 1.807) is 0 Å². The van der Waals surface area contributed by atoms with Crippen LogP contribution in [-0.2, 0) is 17.6 Å². The van der Waals surface area contributed by atoms with Crippen molar-refractivity contribution in [2.24, 2.45) is 0 Å². The van der Waals surface area contributed by atoms with Gasteiger partial charge < -0.3 is 9.32 Å². The molecule has 2 aromatic heterocycles. The number of aryl methyl sites for hydroxylation is 3. The van der Waals surface area contributed by atoms with Gasteiger partial charge >= 0.3 is 0 Å². The Hall–Kier alpha value is -2.24. The number of carbonyl (C=O) groups excluding carboxylic acids is 1. The molecular formula is C20H28N4O2. The molecule has 0 bridgehead atoms. The molecule has 1 aliphatic rings. The highest BCUT2D eigenvalue weighted by atomic mass is 16.4. The van der Waals surface area contributed by atoms with E-state index in [0.717, 1.165) is 37.9 Å². The van der Waals surface area contributed by atoms with Gasteiger partial charge in [0.2, 0.25) is 17.7 Å². The van der Waals surface area contributed by atoms with Gasteiger partial charge in [0.05, 0.1) is 0 Å². The molecule has 0 spiro atoms. The standard InChI is InChI=1S/C20H28N4O2/c1-14(2)20-23-22-18(26-20)8-9-19(25)24-12-4-5-17(24)7-6-16-10-11-21-15(3)13-16/h10-11,13-14,17H,4-9,12H2,1-3H3/t17-/m1/s1. The van der Waals surface area contributed by atoms with E-state index in [1.807, 2.05) is 31.9 Å². The number of likely N-dealkylation sites (tertiary alicyclic amines) is 1. The Kier molecular flexibility index (Phi) is 6.01. The van der Waals surface area contributed by atoms with Crippen LogP contribution in [0.3, 0.4) is 0 Å². The summed E-state index contributed by atoms with van der Waals surface area (Å²) in [6.07, 6.45) is 6.98. The number of aromatic nitrogens is 3. The largest absolute Gasteiger partial charge is 0.425 e. The molecule has 1 fully saturated rings. The molecule has 0 aromatic carbocycles. The van der Waals surface area contributed by atoms with Crippen molar-refractivity contribution in [1.29, 1.82) is 0 Å². The van der Waals surface area contributed by atoms with E-state index < -0.39 is 0 Å². The van der Waals surface area contributed by atoms with Gasteiger partial charge in [-0.15, -0.1) is 10.2 Å². The highest BCUT2D eigenvalue weighted by molar-refractivity contribution is 5.77. The fourth-order valence-electron chi connectivity index (χ4n) is 3.52. The lowest BCUT2D eigenvalue weighted by Crippen LogP contribution is -2.36. The van der Waals surface area contributed by atoms with Crippen molar-refractivity contribution in [2.75, 3.05) is 6.54 Å². The van der Waals surface area contributed by atoms with Crippen LogP contribution in [0.25, 0.3) is 0 Å². The van der Waals surface area contributed by atoms with E-state index in [1.165, 1.54) is 5.56 Å². The normalized spacial score (nSPS) is 17.2. The molecule has 1 saturated heterocycles. The highest BCUT2D eigenvalue weighted by Crippen LogP contribution is 2.23. The van der Waals surface area contributed by atoms with Crippen molar-refractivity contribution in [3.63, 3.8) is 0 Å².